The molecule has 8 heteroatoms. The molecule has 1 amide bonds. The number of thiocarbonyl (C=S) groups is 1. The minimum Gasteiger partial charge on any atom is -0.481 e. The van der Waals surface area contributed by atoms with Gasteiger partial charge in [0.25, 0.3) is 5.91 Å². The molecule has 1 aromatic carbocycles. The number of carboxylic acid groups (broad SMARTS) is 1. The smallest absolute Gasteiger partial charge is 0.303 e. The molecular formula is C14H11ClFNO3S2. The van der Waals surface area contributed by atoms with Gasteiger partial charge in [0.1, 0.15) is 10.1 Å². The molecular weight excluding hydrogens is 349 g/mol. The second-order valence-corrected chi connectivity index (χ2v) is 6.61. The molecule has 1 N–H and O–H groups in total. The molecule has 0 bridgehead atoms. The maximum absolute atomic E-state index is 13.8. The van der Waals surface area contributed by atoms with Crippen LogP contribution in [0.3, 0.4) is 0 Å². The van der Waals surface area contributed by atoms with Crippen LogP contribution in [0.1, 0.15) is 18.4 Å². The van der Waals surface area contributed by atoms with Gasteiger partial charge in [0.15, 0.2) is 0 Å². The molecule has 1 saturated heterocycles. The van der Waals surface area contributed by atoms with E-state index in [1.54, 1.807) is 0 Å². The number of aliphatic carboxylic acids is 1. The number of rotatable bonds is 5. The standard InChI is InChI=1S/C14H11ClFNO3S2/c15-9-4-3-8(10(16)7-9)6-11-13(20)17(14(21)22-11)5-1-2-12(18)19/h3-4,6-7H,1-2,5H2,(H,18,19). The van der Waals surface area contributed by atoms with Crippen molar-refractivity contribution in [1.29, 1.82) is 0 Å². The fraction of sp³-hybridized carbons (Fsp3) is 0.214. The van der Waals surface area contributed by atoms with Gasteiger partial charge in [-0.1, -0.05) is 41.6 Å². The molecule has 0 aliphatic carbocycles. The molecule has 4 nitrogen and oxygen atoms in total. The summed E-state index contributed by atoms with van der Waals surface area (Å²) in [4.78, 5) is 24.4. The van der Waals surface area contributed by atoms with Gasteiger partial charge in [-0.15, -0.1) is 0 Å². The molecule has 0 aromatic heterocycles. The lowest BCUT2D eigenvalue weighted by Crippen LogP contribution is -2.29. The van der Waals surface area contributed by atoms with Gasteiger partial charge in [-0.05, 0) is 24.6 Å². The van der Waals surface area contributed by atoms with Crippen molar-refractivity contribution in [2.45, 2.75) is 12.8 Å². The van der Waals surface area contributed by atoms with Gasteiger partial charge < -0.3 is 5.11 Å². The van der Waals surface area contributed by atoms with Crippen LogP contribution < -0.4 is 0 Å². The van der Waals surface area contributed by atoms with Gasteiger partial charge in [-0.3, -0.25) is 14.5 Å². The molecule has 0 spiro atoms. The van der Waals surface area contributed by atoms with Crippen LogP contribution in [0.5, 0.6) is 0 Å². The zero-order valence-electron chi connectivity index (χ0n) is 11.2. The van der Waals surface area contributed by atoms with Crippen LogP contribution in [-0.4, -0.2) is 32.7 Å². The van der Waals surface area contributed by atoms with Crippen molar-refractivity contribution in [2.24, 2.45) is 0 Å². The number of benzene rings is 1. The van der Waals surface area contributed by atoms with Crippen molar-refractivity contribution in [3.05, 3.63) is 39.5 Å². The van der Waals surface area contributed by atoms with Crippen molar-refractivity contribution in [3.63, 3.8) is 0 Å². The highest BCUT2D eigenvalue weighted by molar-refractivity contribution is 8.26. The first-order valence-electron chi connectivity index (χ1n) is 6.30. The number of carbonyl (C=O) groups excluding carboxylic acids is 1. The van der Waals surface area contributed by atoms with Crippen LogP contribution >= 0.6 is 35.6 Å². The maximum Gasteiger partial charge on any atom is 0.303 e. The first-order valence-corrected chi connectivity index (χ1v) is 7.91. The zero-order chi connectivity index (χ0) is 16.3. The summed E-state index contributed by atoms with van der Waals surface area (Å²) in [5, 5.41) is 8.89. The summed E-state index contributed by atoms with van der Waals surface area (Å²) in [5.74, 6) is -1.79. The number of hydrogen-bond donors (Lipinski definition) is 1. The normalized spacial score (nSPS) is 16.6. The number of nitrogens with zero attached hydrogens (tertiary/aromatic N) is 1. The van der Waals surface area contributed by atoms with E-state index in [2.05, 4.69) is 0 Å². The lowest BCUT2D eigenvalue weighted by Gasteiger charge is -2.13. The van der Waals surface area contributed by atoms with Gasteiger partial charge >= 0.3 is 5.97 Å². The first-order chi connectivity index (χ1) is 10.4. The van der Waals surface area contributed by atoms with Crippen molar-refractivity contribution >= 4 is 57.9 Å². The third-order valence-electron chi connectivity index (χ3n) is 2.90. The Morgan fingerprint density at radius 2 is 2.23 bits per heavy atom. The highest BCUT2D eigenvalue weighted by Crippen LogP contribution is 2.33. The Hall–Kier alpha value is -1.44. The average Bonchev–Trinajstić information content (AvgIpc) is 2.69. The second kappa shape index (κ2) is 7.21. The van der Waals surface area contributed by atoms with E-state index in [1.165, 1.54) is 29.2 Å². The molecule has 1 aliphatic rings. The Balaban J connectivity index is 2.13. The second-order valence-electron chi connectivity index (χ2n) is 4.50. The van der Waals surface area contributed by atoms with Gasteiger partial charge in [0.05, 0.1) is 4.91 Å². The van der Waals surface area contributed by atoms with E-state index < -0.39 is 11.8 Å². The highest BCUT2D eigenvalue weighted by Gasteiger charge is 2.31. The van der Waals surface area contributed by atoms with Gasteiger partial charge in [0, 0.05) is 23.6 Å². The quantitative estimate of drug-likeness (QED) is 0.643. The Kier molecular flexibility index (Phi) is 5.55. The van der Waals surface area contributed by atoms with E-state index in [9.17, 15) is 14.0 Å². The molecule has 1 aromatic rings. The molecule has 0 unspecified atom stereocenters. The van der Waals surface area contributed by atoms with Crippen molar-refractivity contribution in [3.8, 4) is 0 Å². The summed E-state index contributed by atoms with van der Waals surface area (Å²) in [7, 11) is 0. The number of amides is 1. The van der Waals surface area contributed by atoms with Crippen LogP contribution in [-0.2, 0) is 9.59 Å². The molecule has 1 fully saturated rings. The topological polar surface area (TPSA) is 57.6 Å². The summed E-state index contributed by atoms with van der Waals surface area (Å²) in [6.45, 7) is 0.234. The molecule has 2 rings (SSSR count). The van der Waals surface area contributed by atoms with E-state index in [-0.39, 0.29) is 29.5 Å². The molecule has 0 saturated carbocycles. The Labute approximate surface area is 140 Å². The fourth-order valence-electron chi connectivity index (χ4n) is 1.84. The van der Waals surface area contributed by atoms with E-state index in [0.29, 0.717) is 15.6 Å². The third-order valence-corrected chi connectivity index (χ3v) is 4.51. The van der Waals surface area contributed by atoms with Crippen LogP contribution in [0.25, 0.3) is 6.08 Å². The monoisotopic (exact) mass is 359 g/mol. The number of hydrogen-bond acceptors (Lipinski definition) is 4. The summed E-state index contributed by atoms with van der Waals surface area (Å²) in [5.41, 5.74) is 0.246. The van der Waals surface area contributed by atoms with Gasteiger partial charge in [-0.2, -0.15) is 0 Å². The summed E-state index contributed by atoms with van der Waals surface area (Å²) < 4.78 is 14.1. The lowest BCUT2D eigenvalue weighted by atomic mass is 10.2. The summed E-state index contributed by atoms with van der Waals surface area (Å²) in [6, 6.07) is 4.18. The van der Waals surface area contributed by atoms with E-state index in [1.807, 2.05) is 0 Å². The largest absolute Gasteiger partial charge is 0.481 e. The number of carboxylic acids is 1. The van der Waals surface area contributed by atoms with Gasteiger partial charge in [-0.25, -0.2) is 4.39 Å². The lowest BCUT2D eigenvalue weighted by molar-refractivity contribution is -0.137. The molecule has 1 aliphatic heterocycles. The molecule has 22 heavy (non-hydrogen) atoms. The molecule has 0 atom stereocenters. The summed E-state index contributed by atoms with van der Waals surface area (Å²) in [6.07, 6.45) is 1.69. The SMILES string of the molecule is O=C(O)CCCN1C(=O)C(=Cc2ccc(Cl)cc2F)SC1=S. The van der Waals surface area contributed by atoms with Crippen LogP contribution in [0.15, 0.2) is 23.1 Å². The Bertz CT molecular complexity index is 678. The first kappa shape index (κ1) is 16.9. The molecule has 116 valence electrons. The zero-order valence-corrected chi connectivity index (χ0v) is 13.6. The predicted molar refractivity (Wildman–Crippen MR) is 88.2 cm³/mol. The number of halogens is 2. The van der Waals surface area contributed by atoms with Crippen molar-refractivity contribution < 1.29 is 19.1 Å². The van der Waals surface area contributed by atoms with Crippen LogP contribution in [0.4, 0.5) is 4.39 Å². The van der Waals surface area contributed by atoms with Crippen molar-refractivity contribution in [2.75, 3.05) is 6.54 Å². The third kappa shape index (κ3) is 4.06. The van der Waals surface area contributed by atoms with Gasteiger partial charge in [0.2, 0.25) is 0 Å². The Morgan fingerprint density at radius 1 is 1.50 bits per heavy atom. The van der Waals surface area contributed by atoms with E-state index in [0.717, 1.165) is 11.8 Å². The maximum atomic E-state index is 13.8. The van der Waals surface area contributed by atoms with Crippen LogP contribution in [0, 0.1) is 5.82 Å². The fourth-order valence-corrected chi connectivity index (χ4v) is 3.30. The molecule has 0 radical (unpaired) electrons. The average molecular weight is 360 g/mol. The number of carbonyl (C=O) groups is 2. The molecule has 1 heterocycles. The summed E-state index contributed by atoms with van der Waals surface area (Å²) >= 11 is 11.9. The predicted octanol–water partition coefficient (Wildman–Crippen LogP) is 3.55. The minimum absolute atomic E-state index is 0.0398. The minimum atomic E-state index is -0.927. The van der Waals surface area contributed by atoms with Crippen LogP contribution in [0.2, 0.25) is 5.02 Å². The van der Waals surface area contributed by atoms with E-state index >= 15 is 0 Å². The number of thioether (sulfide) groups is 1. The highest BCUT2D eigenvalue weighted by atomic mass is 35.5. The Morgan fingerprint density at radius 3 is 2.86 bits per heavy atom. The van der Waals surface area contributed by atoms with E-state index in [4.69, 9.17) is 28.9 Å². The van der Waals surface area contributed by atoms with Crippen molar-refractivity contribution in [1.82, 2.24) is 4.90 Å².